The molecule has 0 unspecified atom stereocenters. The van der Waals surface area contributed by atoms with Crippen LogP contribution in [0.3, 0.4) is 0 Å². The maximum Gasteiger partial charge on any atom is 0.416 e. The van der Waals surface area contributed by atoms with Crippen molar-refractivity contribution in [1.29, 1.82) is 0 Å². The summed E-state index contributed by atoms with van der Waals surface area (Å²) in [5, 5.41) is 0. The Morgan fingerprint density at radius 1 is 1.05 bits per heavy atom. The van der Waals surface area contributed by atoms with E-state index in [1.165, 1.54) is 4.31 Å². The average Bonchev–Trinajstić information content (AvgIpc) is 2.38. The number of hydrogen-bond donors (Lipinski definition) is 0. The molecule has 1 aromatic rings. The normalized spacial score (nSPS) is 18.2. The second-order valence-corrected chi connectivity index (χ2v) is 6.61. The van der Waals surface area contributed by atoms with Crippen molar-refractivity contribution in [1.82, 2.24) is 4.31 Å². The van der Waals surface area contributed by atoms with Crippen LogP contribution in [0.4, 0.5) is 13.2 Å². The number of alkyl halides is 3. The summed E-state index contributed by atoms with van der Waals surface area (Å²) in [5.74, 6) is 0. The predicted molar refractivity (Wildman–Crippen MR) is 68.6 cm³/mol. The molecule has 0 aromatic heterocycles. The second kappa shape index (κ2) is 5.21. The molecule has 1 fully saturated rings. The molecule has 0 bridgehead atoms. The van der Waals surface area contributed by atoms with E-state index in [0.717, 1.165) is 29.8 Å². The molecule has 0 saturated carbocycles. The highest BCUT2D eigenvalue weighted by Gasteiger charge is 2.32. The highest BCUT2D eigenvalue weighted by atomic mass is 32.2. The monoisotopic (exact) mass is 305 g/mol. The number of rotatable bonds is 2. The third-order valence-electron chi connectivity index (χ3n) is 3.25. The van der Waals surface area contributed by atoms with E-state index in [4.69, 9.17) is 0 Å². The van der Waals surface area contributed by atoms with Crippen molar-refractivity contribution in [2.24, 2.45) is 0 Å². The van der Waals surface area contributed by atoms with Crippen LogP contribution in [0, 0.1) is 0 Å². The van der Waals surface area contributed by atoms with E-state index in [1.54, 1.807) is 0 Å². The van der Waals surface area contributed by atoms with Crippen molar-refractivity contribution < 1.29 is 21.6 Å². The Kier molecular flexibility index (Phi) is 3.93. The van der Waals surface area contributed by atoms with Crippen molar-refractivity contribution in [3.63, 3.8) is 0 Å². The van der Waals surface area contributed by atoms with Gasteiger partial charge in [0.1, 0.15) is 0 Å². The molecule has 20 heavy (non-hydrogen) atoms. The van der Waals surface area contributed by atoms with Gasteiger partial charge in [-0.25, -0.2) is 8.42 Å². The number of piperidine rings is 1. The molecule has 0 aliphatic carbocycles. The van der Waals surface area contributed by atoms with Crippen molar-refractivity contribution in [3.8, 4) is 0 Å². The molecule has 0 spiro atoms. The fourth-order valence-corrected chi connectivity index (χ4v) is 3.45. The van der Waals surface area contributed by atoms with Crippen molar-refractivity contribution in [2.75, 3.05) is 13.1 Å². The highest BCUT2D eigenvalue weighted by molar-refractivity contribution is 7.89. The van der Waals surface area contributed by atoms with E-state index in [-0.39, 0.29) is 4.90 Å². The molecular formula is C13H14F3NO2S. The zero-order valence-corrected chi connectivity index (χ0v) is 11.5. The number of benzene rings is 1. The summed E-state index contributed by atoms with van der Waals surface area (Å²) in [4.78, 5) is -0.113. The average molecular weight is 305 g/mol. The van der Waals surface area contributed by atoms with E-state index >= 15 is 0 Å². The van der Waals surface area contributed by atoms with E-state index in [1.807, 2.05) is 0 Å². The number of nitrogens with zero attached hydrogens (tertiary/aromatic N) is 1. The van der Waals surface area contributed by atoms with Gasteiger partial charge in [-0.2, -0.15) is 17.5 Å². The summed E-state index contributed by atoms with van der Waals surface area (Å²) < 4.78 is 63.2. The summed E-state index contributed by atoms with van der Waals surface area (Å²) in [6.45, 7) is 4.44. The van der Waals surface area contributed by atoms with Crippen LogP contribution in [-0.2, 0) is 16.2 Å². The Labute approximate surface area is 115 Å². The van der Waals surface area contributed by atoms with Gasteiger partial charge in [-0.05, 0) is 37.1 Å². The summed E-state index contributed by atoms with van der Waals surface area (Å²) >= 11 is 0. The molecule has 1 aliphatic rings. The summed E-state index contributed by atoms with van der Waals surface area (Å²) in [5.41, 5.74) is 0.132. The van der Waals surface area contributed by atoms with Crippen molar-refractivity contribution in [3.05, 3.63) is 42.0 Å². The van der Waals surface area contributed by atoms with Gasteiger partial charge in [0.25, 0.3) is 0 Å². The molecule has 0 atom stereocenters. The number of sulfonamides is 1. The van der Waals surface area contributed by atoms with Gasteiger partial charge in [0.05, 0.1) is 10.5 Å². The molecule has 1 aromatic carbocycles. The third-order valence-corrected chi connectivity index (χ3v) is 5.16. The van der Waals surface area contributed by atoms with Gasteiger partial charge >= 0.3 is 6.18 Å². The quantitative estimate of drug-likeness (QED) is 0.788. The van der Waals surface area contributed by atoms with Crippen LogP contribution in [0.15, 0.2) is 41.3 Å². The van der Waals surface area contributed by atoms with E-state index < -0.39 is 21.8 Å². The highest BCUT2D eigenvalue weighted by Crippen LogP contribution is 2.30. The Morgan fingerprint density at radius 2 is 1.55 bits per heavy atom. The zero-order chi connectivity index (χ0) is 15.0. The molecule has 7 heteroatoms. The molecule has 0 radical (unpaired) electrons. The lowest BCUT2D eigenvalue weighted by atomic mass is 10.1. The Morgan fingerprint density at radius 3 is 2.00 bits per heavy atom. The minimum absolute atomic E-state index is 0.113. The fourth-order valence-electron chi connectivity index (χ4n) is 2.01. The lowest BCUT2D eigenvalue weighted by molar-refractivity contribution is -0.137. The molecule has 110 valence electrons. The smallest absolute Gasteiger partial charge is 0.207 e. The molecule has 3 nitrogen and oxygen atoms in total. The molecule has 1 saturated heterocycles. The number of hydrogen-bond acceptors (Lipinski definition) is 2. The molecule has 2 rings (SSSR count). The number of halogens is 3. The standard InChI is InChI=1S/C13H14F3NO2S/c1-10-6-8-17(9-7-10)20(18,19)12-4-2-11(3-5-12)13(14,15)16/h2-5H,1,6-9H2. The minimum atomic E-state index is -4.47. The van der Waals surface area contributed by atoms with Gasteiger partial charge in [0.15, 0.2) is 0 Å². The van der Waals surface area contributed by atoms with Crippen molar-refractivity contribution >= 4 is 10.0 Å². The van der Waals surface area contributed by atoms with Crippen LogP contribution < -0.4 is 0 Å². The summed E-state index contributed by atoms with van der Waals surface area (Å²) in [6.07, 6.45) is -3.30. The van der Waals surface area contributed by atoms with Crippen LogP contribution in [0.1, 0.15) is 18.4 Å². The topological polar surface area (TPSA) is 37.4 Å². The van der Waals surface area contributed by atoms with Crippen molar-refractivity contribution in [2.45, 2.75) is 23.9 Å². The largest absolute Gasteiger partial charge is 0.416 e. The van der Waals surface area contributed by atoms with Crippen LogP contribution in [0.5, 0.6) is 0 Å². The van der Waals surface area contributed by atoms with Gasteiger partial charge in [-0.3, -0.25) is 0 Å². The first-order valence-electron chi connectivity index (χ1n) is 6.05. The van der Waals surface area contributed by atoms with E-state index in [2.05, 4.69) is 6.58 Å². The first-order chi connectivity index (χ1) is 9.21. The first-order valence-corrected chi connectivity index (χ1v) is 7.49. The van der Waals surface area contributed by atoms with Gasteiger partial charge in [0.2, 0.25) is 10.0 Å². The SMILES string of the molecule is C=C1CCN(S(=O)(=O)c2ccc(C(F)(F)F)cc2)CC1. The van der Waals surface area contributed by atoms with Gasteiger partial charge < -0.3 is 0 Å². The van der Waals surface area contributed by atoms with E-state index in [9.17, 15) is 21.6 Å². The molecule has 1 heterocycles. The van der Waals surface area contributed by atoms with Crippen LogP contribution in [-0.4, -0.2) is 25.8 Å². The zero-order valence-electron chi connectivity index (χ0n) is 10.7. The molecular weight excluding hydrogens is 291 g/mol. The van der Waals surface area contributed by atoms with Crippen LogP contribution in [0.2, 0.25) is 0 Å². The van der Waals surface area contributed by atoms with E-state index in [0.29, 0.717) is 25.9 Å². The van der Waals surface area contributed by atoms with Crippen LogP contribution in [0.25, 0.3) is 0 Å². The van der Waals surface area contributed by atoms with Crippen LogP contribution >= 0.6 is 0 Å². The maximum absolute atomic E-state index is 12.4. The fraction of sp³-hybridized carbons (Fsp3) is 0.385. The maximum atomic E-state index is 12.4. The summed E-state index contributed by atoms with van der Waals surface area (Å²) in [6, 6.07) is 3.58. The lowest BCUT2D eigenvalue weighted by Gasteiger charge is -2.27. The molecule has 0 N–H and O–H groups in total. The van der Waals surface area contributed by atoms with Gasteiger partial charge in [-0.15, -0.1) is 0 Å². The van der Waals surface area contributed by atoms with Gasteiger partial charge in [0, 0.05) is 13.1 Å². The molecule has 1 aliphatic heterocycles. The second-order valence-electron chi connectivity index (χ2n) is 4.68. The summed E-state index contributed by atoms with van der Waals surface area (Å²) in [7, 11) is -3.72. The predicted octanol–water partition coefficient (Wildman–Crippen LogP) is 3.05. The Balaban J connectivity index is 2.24. The van der Waals surface area contributed by atoms with Gasteiger partial charge in [-0.1, -0.05) is 12.2 Å². The third kappa shape index (κ3) is 3.04. The lowest BCUT2D eigenvalue weighted by Crippen LogP contribution is -2.36. The Bertz CT molecular complexity index is 595. The Hall–Kier alpha value is -1.34. The molecule has 0 amide bonds. The first kappa shape index (κ1) is 15.1. The minimum Gasteiger partial charge on any atom is -0.207 e.